The van der Waals surface area contributed by atoms with Crippen LogP contribution in [0.25, 0.3) is 0 Å². The number of hydrogen-bond donors (Lipinski definition) is 6. The molecule has 244 valence electrons. The van der Waals surface area contributed by atoms with Gasteiger partial charge in [0.15, 0.2) is 0 Å². The molecule has 0 radical (unpaired) electrons. The normalized spacial score (nSPS) is 29.7. The lowest BCUT2D eigenvalue weighted by molar-refractivity contribution is -0.180. The quantitative estimate of drug-likeness (QED) is 0.0600. The largest absolute Gasteiger partial charge is 0.396 e. The molecule has 0 aromatic rings. The lowest BCUT2D eigenvalue weighted by atomic mass is 9.51. The van der Waals surface area contributed by atoms with E-state index >= 15 is 0 Å². The maximum Gasteiger partial charge on any atom is 0.145 e. The van der Waals surface area contributed by atoms with Crippen molar-refractivity contribution < 1.29 is 35.1 Å². The second-order valence-electron chi connectivity index (χ2n) is 12.7. The van der Waals surface area contributed by atoms with Gasteiger partial charge in [-0.15, -0.1) is 0 Å². The molecule has 2 aliphatic rings. The highest BCUT2D eigenvalue weighted by atomic mass is 16.5. The summed E-state index contributed by atoms with van der Waals surface area (Å²) in [5.74, 6) is -0.590. The number of hydrogen-bond acceptors (Lipinski definition) is 8. The standard InChI is InChI=1S/C35H57NO7/c1-25(2)9-6-10-26(3)11-7-12-28(23-43-24-29(40)22-39)31-15-17-35(33(31)41)32(13-8-20-37)30(27(4)21-38)14-16-34(35,42)18-19-36-5/h7,9,11-12,21,29,31-33,36-37,39-42H,3,6,8,10,13-20,22-24H2,1-2,4-5H3/b11-7+,28-12-,30-27-/t29-,31+,32+,33-,34+,35-/m1/s1. The summed E-state index contributed by atoms with van der Waals surface area (Å²) in [6.07, 6.45) is 12.4. The smallest absolute Gasteiger partial charge is 0.145 e. The third-order valence-corrected chi connectivity index (χ3v) is 9.54. The first-order valence-corrected chi connectivity index (χ1v) is 15.9. The van der Waals surface area contributed by atoms with Gasteiger partial charge in [-0.3, -0.25) is 4.79 Å². The van der Waals surface area contributed by atoms with Gasteiger partial charge in [0.05, 0.1) is 31.5 Å². The Hall–Kier alpha value is -1.91. The fraction of sp³-hybridized carbons (Fsp3) is 0.686. The molecule has 2 saturated carbocycles. The zero-order valence-electron chi connectivity index (χ0n) is 26.9. The fourth-order valence-corrected chi connectivity index (χ4v) is 7.27. The summed E-state index contributed by atoms with van der Waals surface area (Å²) < 4.78 is 5.80. The van der Waals surface area contributed by atoms with Crippen molar-refractivity contribution in [3.63, 3.8) is 0 Å². The number of carbonyl (C=O) groups is 1. The molecule has 6 atom stereocenters. The molecule has 0 aromatic carbocycles. The Morgan fingerprint density at radius 1 is 1.23 bits per heavy atom. The van der Waals surface area contributed by atoms with Crippen molar-refractivity contribution in [3.8, 4) is 0 Å². The lowest BCUT2D eigenvalue weighted by Crippen LogP contribution is -2.61. The van der Waals surface area contributed by atoms with Crippen molar-refractivity contribution in [3.05, 3.63) is 58.7 Å². The Morgan fingerprint density at radius 3 is 2.60 bits per heavy atom. The highest BCUT2D eigenvalue weighted by Crippen LogP contribution is 2.63. The monoisotopic (exact) mass is 603 g/mol. The molecule has 2 rings (SSSR count). The molecular weight excluding hydrogens is 546 g/mol. The molecule has 0 saturated heterocycles. The number of carbonyl (C=O) groups excluding carboxylic acids is 1. The molecule has 0 heterocycles. The SMILES string of the molecule is C=C(/C=C/C=C(/COC[C@H](O)CO)[C@@H]1CC[C@]2([C@@H]1O)[C@@H](CCCO)/C(=C(/C)C=O)CC[C@]2(O)CCNC)CCC=C(C)C. The molecule has 2 fully saturated rings. The summed E-state index contributed by atoms with van der Waals surface area (Å²) in [5.41, 5.74) is 2.60. The van der Waals surface area contributed by atoms with E-state index < -0.39 is 29.8 Å². The molecule has 2 aliphatic carbocycles. The van der Waals surface area contributed by atoms with Gasteiger partial charge in [-0.2, -0.15) is 0 Å². The van der Waals surface area contributed by atoms with Crippen LogP contribution in [-0.2, 0) is 9.53 Å². The van der Waals surface area contributed by atoms with Crippen molar-refractivity contribution >= 4 is 6.29 Å². The van der Waals surface area contributed by atoms with E-state index in [0.717, 1.165) is 35.8 Å². The highest BCUT2D eigenvalue weighted by molar-refractivity contribution is 5.74. The molecule has 0 bridgehead atoms. The van der Waals surface area contributed by atoms with Gasteiger partial charge in [0.1, 0.15) is 12.4 Å². The molecule has 0 aliphatic heterocycles. The summed E-state index contributed by atoms with van der Waals surface area (Å²) >= 11 is 0. The third kappa shape index (κ3) is 9.54. The van der Waals surface area contributed by atoms with Crippen LogP contribution in [0.1, 0.15) is 78.6 Å². The van der Waals surface area contributed by atoms with E-state index in [4.69, 9.17) is 4.74 Å². The average molecular weight is 604 g/mol. The van der Waals surface area contributed by atoms with Crippen molar-refractivity contribution in [2.45, 2.75) is 96.4 Å². The van der Waals surface area contributed by atoms with E-state index in [-0.39, 0.29) is 31.7 Å². The summed E-state index contributed by atoms with van der Waals surface area (Å²) in [6, 6.07) is 0. The Balaban J connectivity index is 2.53. The molecule has 0 aromatic heterocycles. The van der Waals surface area contributed by atoms with Crippen molar-refractivity contribution in [2.75, 3.05) is 40.0 Å². The first kappa shape index (κ1) is 37.3. The van der Waals surface area contributed by atoms with E-state index in [2.05, 4.69) is 31.8 Å². The van der Waals surface area contributed by atoms with Crippen LogP contribution in [0.2, 0.25) is 0 Å². The van der Waals surface area contributed by atoms with E-state index in [1.54, 1.807) is 6.92 Å². The van der Waals surface area contributed by atoms with Gasteiger partial charge in [0.2, 0.25) is 0 Å². The number of ether oxygens (including phenoxy) is 1. The zero-order chi connectivity index (χ0) is 32.0. The number of aliphatic hydroxyl groups excluding tert-OH is 4. The van der Waals surface area contributed by atoms with Crippen LogP contribution in [0.4, 0.5) is 0 Å². The Morgan fingerprint density at radius 2 is 1.98 bits per heavy atom. The summed E-state index contributed by atoms with van der Waals surface area (Å²) in [4.78, 5) is 12.0. The van der Waals surface area contributed by atoms with Gasteiger partial charge in [0.25, 0.3) is 0 Å². The molecule has 6 N–H and O–H groups in total. The van der Waals surface area contributed by atoms with Crippen molar-refractivity contribution in [1.82, 2.24) is 5.32 Å². The maximum atomic E-state index is 12.4. The third-order valence-electron chi connectivity index (χ3n) is 9.54. The molecule has 1 spiro atoms. The molecule has 0 amide bonds. The lowest BCUT2D eigenvalue weighted by Gasteiger charge is -2.57. The van der Waals surface area contributed by atoms with E-state index in [1.807, 2.05) is 25.3 Å². The number of allylic oxidation sites excluding steroid dienone is 8. The average Bonchev–Trinajstić information content (AvgIpc) is 3.32. The molecule has 8 nitrogen and oxygen atoms in total. The minimum atomic E-state index is -1.18. The van der Waals surface area contributed by atoms with Gasteiger partial charge in [0, 0.05) is 17.9 Å². The Bertz CT molecular complexity index is 1030. The summed E-state index contributed by atoms with van der Waals surface area (Å²) in [6.45, 7) is 10.4. The van der Waals surface area contributed by atoms with Crippen LogP contribution in [0.15, 0.2) is 58.7 Å². The summed E-state index contributed by atoms with van der Waals surface area (Å²) in [5, 5.41) is 56.8. The van der Waals surface area contributed by atoms with Gasteiger partial charge in [-0.25, -0.2) is 0 Å². The Kier molecular flexibility index (Phi) is 15.7. The van der Waals surface area contributed by atoms with Crippen LogP contribution in [0.5, 0.6) is 0 Å². The minimum absolute atomic E-state index is 0.0110. The van der Waals surface area contributed by atoms with Crippen LogP contribution >= 0.6 is 0 Å². The van der Waals surface area contributed by atoms with E-state index in [0.29, 0.717) is 57.1 Å². The van der Waals surface area contributed by atoms with Gasteiger partial charge >= 0.3 is 0 Å². The topological polar surface area (TPSA) is 139 Å². The highest BCUT2D eigenvalue weighted by Gasteiger charge is 2.65. The second-order valence-corrected chi connectivity index (χ2v) is 12.7. The van der Waals surface area contributed by atoms with Crippen molar-refractivity contribution in [1.29, 1.82) is 0 Å². The molecular formula is C35H57NO7. The number of aldehydes is 1. The van der Waals surface area contributed by atoms with E-state index in [9.17, 15) is 30.3 Å². The van der Waals surface area contributed by atoms with Gasteiger partial charge in [-0.05, 0) is 109 Å². The van der Waals surface area contributed by atoms with Crippen LogP contribution < -0.4 is 5.32 Å². The summed E-state index contributed by atoms with van der Waals surface area (Å²) in [7, 11) is 1.84. The minimum Gasteiger partial charge on any atom is -0.396 e. The predicted octanol–water partition coefficient (Wildman–Crippen LogP) is 3.94. The van der Waals surface area contributed by atoms with Crippen molar-refractivity contribution in [2.24, 2.45) is 17.3 Å². The first-order valence-electron chi connectivity index (χ1n) is 15.9. The van der Waals surface area contributed by atoms with Gasteiger partial charge < -0.3 is 35.6 Å². The first-order chi connectivity index (χ1) is 20.5. The number of aliphatic hydroxyl groups is 5. The predicted molar refractivity (Wildman–Crippen MR) is 171 cm³/mol. The van der Waals surface area contributed by atoms with Crippen LogP contribution in [0.3, 0.4) is 0 Å². The molecule has 8 heteroatoms. The Labute approximate surface area is 258 Å². The second kappa shape index (κ2) is 18.2. The van der Waals surface area contributed by atoms with Gasteiger partial charge in [-0.1, -0.05) is 47.6 Å². The fourth-order valence-electron chi connectivity index (χ4n) is 7.27. The van der Waals surface area contributed by atoms with Crippen LogP contribution in [0, 0.1) is 17.3 Å². The van der Waals surface area contributed by atoms with E-state index in [1.165, 1.54) is 5.57 Å². The number of rotatable bonds is 18. The molecule has 0 unspecified atom stereocenters. The van der Waals surface area contributed by atoms with Crippen LogP contribution in [-0.4, -0.2) is 89.6 Å². The molecule has 43 heavy (non-hydrogen) atoms. The maximum absolute atomic E-state index is 12.4. The zero-order valence-corrected chi connectivity index (χ0v) is 26.9. The number of nitrogens with one attached hydrogen (secondary N) is 1.